The van der Waals surface area contributed by atoms with Gasteiger partial charge in [-0.3, -0.25) is 9.79 Å². The molecule has 1 aromatic heterocycles. The molecule has 2 unspecified atom stereocenters. The SMILES string of the molecule is CCOC(=O)C1C(C)=NC(C)=C(c2nnco2)C1c1cccc(Cl)c1Cl. The summed E-state index contributed by atoms with van der Waals surface area (Å²) in [5.74, 6) is -1.27. The fraction of sp³-hybridized carbons (Fsp3) is 0.333. The summed E-state index contributed by atoms with van der Waals surface area (Å²) in [6.45, 7) is 5.64. The summed E-state index contributed by atoms with van der Waals surface area (Å²) in [5.41, 5.74) is 2.62. The number of allylic oxidation sites excluding steroid dienone is 2. The number of esters is 1. The second-order valence-electron chi connectivity index (χ2n) is 5.85. The van der Waals surface area contributed by atoms with Gasteiger partial charge in [-0.05, 0) is 32.4 Å². The molecule has 0 spiro atoms. The number of aromatic nitrogens is 2. The van der Waals surface area contributed by atoms with Crippen molar-refractivity contribution in [3.63, 3.8) is 0 Å². The zero-order chi connectivity index (χ0) is 18.8. The third-order valence-electron chi connectivity index (χ3n) is 4.28. The van der Waals surface area contributed by atoms with Gasteiger partial charge in [0.05, 0.1) is 16.7 Å². The largest absolute Gasteiger partial charge is 0.465 e. The zero-order valence-corrected chi connectivity index (χ0v) is 16.0. The van der Waals surface area contributed by atoms with E-state index in [4.69, 9.17) is 32.4 Å². The minimum Gasteiger partial charge on any atom is -0.465 e. The molecule has 2 aromatic rings. The number of hydrogen-bond acceptors (Lipinski definition) is 6. The van der Waals surface area contributed by atoms with Gasteiger partial charge in [-0.15, -0.1) is 10.2 Å². The van der Waals surface area contributed by atoms with Crippen LogP contribution < -0.4 is 0 Å². The van der Waals surface area contributed by atoms with Gasteiger partial charge in [0, 0.05) is 22.9 Å². The second-order valence-corrected chi connectivity index (χ2v) is 6.63. The van der Waals surface area contributed by atoms with Crippen molar-refractivity contribution < 1.29 is 13.9 Å². The van der Waals surface area contributed by atoms with E-state index in [0.717, 1.165) is 0 Å². The summed E-state index contributed by atoms with van der Waals surface area (Å²) >= 11 is 12.7. The van der Waals surface area contributed by atoms with Gasteiger partial charge in [0.1, 0.15) is 5.92 Å². The van der Waals surface area contributed by atoms with Crippen LogP contribution in [0.3, 0.4) is 0 Å². The summed E-state index contributed by atoms with van der Waals surface area (Å²) in [4.78, 5) is 17.3. The van der Waals surface area contributed by atoms with Crippen LogP contribution in [0.5, 0.6) is 0 Å². The summed E-state index contributed by atoms with van der Waals surface area (Å²) < 4.78 is 10.7. The third-order valence-corrected chi connectivity index (χ3v) is 5.11. The van der Waals surface area contributed by atoms with E-state index in [2.05, 4.69) is 15.2 Å². The van der Waals surface area contributed by atoms with Crippen molar-refractivity contribution in [3.05, 3.63) is 51.8 Å². The Kier molecular flexibility index (Phi) is 5.44. The molecule has 1 aliphatic heterocycles. The molecule has 0 aliphatic carbocycles. The predicted octanol–water partition coefficient (Wildman–Crippen LogP) is 4.55. The van der Waals surface area contributed by atoms with Crippen LogP contribution in [0.4, 0.5) is 0 Å². The number of rotatable bonds is 4. The minimum atomic E-state index is -0.670. The van der Waals surface area contributed by atoms with Crippen LogP contribution in [-0.4, -0.2) is 28.5 Å². The van der Waals surface area contributed by atoms with Gasteiger partial charge in [-0.25, -0.2) is 0 Å². The molecule has 1 aromatic carbocycles. The lowest BCUT2D eigenvalue weighted by Gasteiger charge is -2.31. The molecule has 0 radical (unpaired) electrons. The van der Waals surface area contributed by atoms with Gasteiger partial charge >= 0.3 is 5.97 Å². The van der Waals surface area contributed by atoms with E-state index < -0.39 is 11.8 Å². The summed E-state index contributed by atoms with van der Waals surface area (Å²) in [6.07, 6.45) is 1.23. The Morgan fingerprint density at radius 2 is 2.08 bits per heavy atom. The molecular formula is C18H17Cl2N3O3. The number of benzene rings is 1. The Balaban J connectivity index is 2.25. The summed E-state index contributed by atoms with van der Waals surface area (Å²) in [6, 6.07) is 5.31. The van der Waals surface area contributed by atoms with Crippen molar-refractivity contribution in [1.29, 1.82) is 0 Å². The van der Waals surface area contributed by atoms with Crippen molar-refractivity contribution in [2.45, 2.75) is 26.7 Å². The molecule has 3 rings (SSSR count). The number of nitrogens with zero attached hydrogens (tertiary/aromatic N) is 3. The maximum Gasteiger partial charge on any atom is 0.315 e. The Morgan fingerprint density at radius 3 is 2.73 bits per heavy atom. The van der Waals surface area contributed by atoms with E-state index in [-0.39, 0.29) is 18.5 Å². The van der Waals surface area contributed by atoms with Crippen LogP contribution in [-0.2, 0) is 9.53 Å². The highest BCUT2D eigenvalue weighted by Gasteiger charge is 2.42. The molecule has 136 valence electrons. The lowest BCUT2D eigenvalue weighted by molar-refractivity contribution is -0.145. The van der Waals surface area contributed by atoms with Crippen LogP contribution in [0.15, 0.2) is 39.7 Å². The highest BCUT2D eigenvalue weighted by atomic mass is 35.5. The van der Waals surface area contributed by atoms with Crippen molar-refractivity contribution in [3.8, 4) is 0 Å². The first-order valence-corrected chi connectivity index (χ1v) is 8.84. The zero-order valence-electron chi connectivity index (χ0n) is 14.5. The van der Waals surface area contributed by atoms with Gasteiger partial charge in [0.2, 0.25) is 12.3 Å². The number of ether oxygens (including phenoxy) is 1. The number of carbonyl (C=O) groups is 1. The van der Waals surface area contributed by atoms with E-state index in [1.54, 1.807) is 26.0 Å². The van der Waals surface area contributed by atoms with Crippen molar-refractivity contribution in [1.82, 2.24) is 10.2 Å². The van der Waals surface area contributed by atoms with Crippen LogP contribution >= 0.6 is 23.2 Å². The second kappa shape index (κ2) is 7.60. The molecule has 26 heavy (non-hydrogen) atoms. The van der Waals surface area contributed by atoms with Crippen LogP contribution in [0.25, 0.3) is 5.57 Å². The van der Waals surface area contributed by atoms with Crippen LogP contribution in [0.1, 0.15) is 38.1 Å². The van der Waals surface area contributed by atoms with Crippen molar-refractivity contribution in [2.24, 2.45) is 10.9 Å². The average molecular weight is 394 g/mol. The number of carbonyl (C=O) groups excluding carboxylic acids is 1. The minimum absolute atomic E-state index is 0.261. The Hall–Kier alpha value is -2.18. The van der Waals surface area contributed by atoms with Gasteiger partial charge in [0.15, 0.2) is 0 Å². The lowest BCUT2D eigenvalue weighted by Crippen LogP contribution is -2.34. The molecule has 0 saturated carbocycles. The number of halogens is 2. The Labute approximate surface area is 160 Å². The molecule has 8 heteroatoms. The van der Waals surface area contributed by atoms with E-state index in [0.29, 0.717) is 32.6 Å². The lowest BCUT2D eigenvalue weighted by atomic mass is 9.75. The summed E-state index contributed by atoms with van der Waals surface area (Å²) in [5, 5.41) is 8.53. The van der Waals surface area contributed by atoms with Crippen LogP contribution in [0, 0.1) is 5.92 Å². The molecular weight excluding hydrogens is 377 g/mol. The van der Waals surface area contributed by atoms with Crippen molar-refractivity contribution in [2.75, 3.05) is 6.61 Å². The highest BCUT2D eigenvalue weighted by molar-refractivity contribution is 6.42. The van der Waals surface area contributed by atoms with Gasteiger partial charge in [-0.2, -0.15) is 0 Å². The maximum absolute atomic E-state index is 12.7. The quantitative estimate of drug-likeness (QED) is 0.712. The Morgan fingerprint density at radius 1 is 1.31 bits per heavy atom. The third kappa shape index (κ3) is 3.27. The van der Waals surface area contributed by atoms with Crippen molar-refractivity contribution >= 4 is 40.5 Å². The van der Waals surface area contributed by atoms with E-state index in [1.807, 2.05) is 13.0 Å². The number of hydrogen-bond donors (Lipinski definition) is 0. The average Bonchev–Trinajstić information content (AvgIpc) is 3.11. The molecule has 0 saturated heterocycles. The molecule has 0 fully saturated rings. The fourth-order valence-electron chi connectivity index (χ4n) is 3.24. The summed E-state index contributed by atoms with van der Waals surface area (Å²) in [7, 11) is 0. The van der Waals surface area contributed by atoms with E-state index in [9.17, 15) is 4.79 Å². The normalized spacial score (nSPS) is 20.1. The van der Waals surface area contributed by atoms with E-state index >= 15 is 0 Å². The van der Waals surface area contributed by atoms with Crippen LogP contribution in [0.2, 0.25) is 10.0 Å². The molecule has 0 bridgehead atoms. The number of aliphatic imine (C=N–C) groups is 1. The first-order chi connectivity index (χ1) is 12.5. The van der Waals surface area contributed by atoms with Gasteiger partial charge in [-0.1, -0.05) is 35.3 Å². The Bertz CT molecular complexity index is 891. The topological polar surface area (TPSA) is 77.6 Å². The predicted molar refractivity (Wildman–Crippen MR) is 99.3 cm³/mol. The van der Waals surface area contributed by atoms with Gasteiger partial charge in [0.25, 0.3) is 0 Å². The molecule has 1 aliphatic rings. The molecule has 0 amide bonds. The molecule has 2 atom stereocenters. The fourth-order valence-corrected chi connectivity index (χ4v) is 3.67. The molecule has 0 N–H and O–H groups in total. The highest BCUT2D eigenvalue weighted by Crippen LogP contribution is 2.47. The first kappa shape index (κ1) is 18.6. The van der Waals surface area contributed by atoms with E-state index in [1.165, 1.54) is 6.39 Å². The smallest absolute Gasteiger partial charge is 0.315 e. The van der Waals surface area contributed by atoms with Gasteiger partial charge < -0.3 is 9.15 Å². The first-order valence-electron chi connectivity index (χ1n) is 8.08. The molecule has 6 nitrogen and oxygen atoms in total. The standard InChI is InChI=1S/C18H17Cl2N3O3/c1-4-25-18(24)14-10(3)22-9(2)13(17-23-21-8-26-17)15(14)11-6-5-7-12(19)16(11)20/h5-8,14-15H,4H2,1-3H3. The molecule has 2 heterocycles. The maximum atomic E-state index is 12.7. The monoisotopic (exact) mass is 393 g/mol.